The number of esters is 1. The predicted molar refractivity (Wildman–Crippen MR) is 156 cm³/mol. The van der Waals surface area contributed by atoms with E-state index in [9.17, 15) is 9.90 Å². The number of benzene rings is 1. The van der Waals surface area contributed by atoms with E-state index in [1.165, 1.54) is 53.9 Å². The first-order chi connectivity index (χ1) is 18.5. The standard InChI is InChI=1S/C31H42NO4S2/c1-32(19-8-2-3-9-21-35-22-10-7-15-26-13-5-4-6-14-26)20-18-27(25-32)36-30(33)31(34,28-16-11-23-37-28)29-17-12-24-38-29/h4-6,11-14,16-17,23-24,27,34H,2-3,7-10,15,18-22,25H2,1H3/q+1. The Morgan fingerprint density at radius 1 is 0.921 bits per heavy atom. The molecule has 1 aliphatic heterocycles. The van der Waals surface area contributed by atoms with E-state index in [0.717, 1.165) is 63.0 Å². The van der Waals surface area contributed by atoms with E-state index in [0.29, 0.717) is 9.75 Å². The van der Waals surface area contributed by atoms with Crippen LogP contribution >= 0.6 is 22.7 Å². The molecular formula is C31H42NO4S2+. The van der Waals surface area contributed by atoms with Crippen molar-refractivity contribution in [3.05, 3.63) is 80.7 Å². The highest BCUT2D eigenvalue weighted by atomic mass is 32.1. The molecule has 0 amide bonds. The maximum absolute atomic E-state index is 13.3. The highest BCUT2D eigenvalue weighted by molar-refractivity contribution is 7.12. The number of rotatable bonds is 16. The molecule has 0 bridgehead atoms. The molecule has 2 atom stereocenters. The fourth-order valence-electron chi connectivity index (χ4n) is 5.29. The molecule has 2 unspecified atom stereocenters. The van der Waals surface area contributed by atoms with Gasteiger partial charge in [0, 0.05) is 19.6 Å². The van der Waals surface area contributed by atoms with Crippen LogP contribution in [0.2, 0.25) is 0 Å². The highest BCUT2D eigenvalue weighted by Crippen LogP contribution is 2.37. The summed E-state index contributed by atoms with van der Waals surface area (Å²) in [4.78, 5) is 14.5. The van der Waals surface area contributed by atoms with Crippen molar-refractivity contribution >= 4 is 28.6 Å². The molecule has 1 N–H and O–H groups in total. The molecule has 1 saturated heterocycles. The number of hydrogen-bond donors (Lipinski definition) is 1. The van der Waals surface area contributed by atoms with Gasteiger partial charge in [-0.25, -0.2) is 4.79 Å². The van der Waals surface area contributed by atoms with E-state index < -0.39 is 11.6 Å². The highest BCUT2D eigenvalue weighted by Gasteiger charge is 2.46. The van der Waals surface area contributed by atoms with E-state index in [2.05, 4.69) is 37.4 Å². The second-order valence-corrected chi connectivity index (χ2v) is 12.6. The zero-order valence-corrected chi connectivity index (χ0v) is 24.2. The third kappa shape index (κ3) is 7.99. The summed E-state index contributed by atoms with van der Waals surface area (Å²) in [5.41, 5.74) is -0.317. The number of likely N-dealkylation sites (N-methyl/N-ethyl adjacent to an activating group) is 1. The van der Waals surface area contributed by atoms with Crippen molar-refractivity contribution in [2.45, 2.75) is 63.1 Å². The second-order valence-electron chi connectivity index (χ2n) is 10.7. The van der Waals surface area contributed by atoms with Crippen LogP contribution in [0.25, 0.3) is 0 Å². The minimum absolute atomic E-state index is 0.158. The lowest BCUT2D eigenvalue weighted by Gasteiger charge is -2.30. The Morgan fingerprint density at radius 3 is 2.24 bits per heavy atom. The number of ether oxygens (including phenoxy) is 2. The van der Waals surface area contributed by atoms with Crippen molar-refractivity contribution in [1.29, 1.82) is 0 Å². The van der Waals surface area contributed by atoms with Gasteiger partial charge in [0.2, 0.25) is 5.60 Å². The van der Waals surface area contributed by atoms with Crippen LogP contribution in [0.4, 0.5) is 0 Å². The van der Waals surface area contributed by atoms with Crippen LogP contribution in [0, 0.1) is 0 Å². The van der Waals surface area contributed by atoms with Gasteiger partial charge in [0.25, 0.3) is 0 Å². The lowest BCUT2D eigenvalue weighted by atomic mass is 10.00. The largest absolute Gasteiger partial charge is 0.453 e. The van der Waals surface area contributed by atoms with E-state index >= 15 is 0 Å². The topological polar surface area (TPSA) is 55.8 Å². The van der Waals surface area contributed by atoms with Gasteiger partial charge in [0.05, 0.1) is 29.9 Å². The van der Waals surface area contributed by atoms with Gasteiger partial charge < -0.3 is 19.1 Å². The summed E-state index contributed by atoms with van der Waals surface area (Å²) in [5, 5.41) is 15.2. The van der Waals surface area contributed by atoms with Crippen LogP contribution in [0.15, 0.2) is 65.4 Å². The Bertz CT molecular complexity index is 1040. The first-order valence-electron chi connectivity index (χ1n) is 14.0. The van der Waals surface area contributed by atoms with Crippen molar-refractivity contribution in [3.63, 3.8) is 0 Å². The Kier molecular flexibility index (Phi) is 11.0. The molecule has 0 saturated carbocycles. The van der Waals surface area contributed by atoms with Crippen LogP contribution in [0.3, 0.4) is 0 Å². The molecule has 206 valence electrons. The van der Waals surface area contributed by atoms with Gasteiger partial charge in [-0.3, -0.25) is 0 Å². The van der Waals surface area contributed by atoms with Gasteiger partial charge in [-0.15, -0.1) is 22.7 Å². The Balaban J connectivity index is 1.09. The van der Waals surface area contributed by atoms with E-state index in [1.54, 1.807) is 12.1 Å². The number of aryl methyl sites for hydroxylation is 1. The van der Waals surface area contributed by atoms with Crippen LogP contribution in [-0.2, 0) is 26.3 Å². The quantitative estimate of drug-likeness (QED) is 0.126. The molecule has 38 heavy (non-hydrogen) atoms. The lowest BCUT2D eigenvalue weighted by molar-refractivity contribution is -0.899. The van der Waals surface area contributed by atoms with Crippen LogP contribution in [0.5, 0.6) is 0 Å². The van der Waals surface area contributed by atoms with Crippen LogP contribution < -0.4 is 0 Å². The molecule has 2 aromatic heterocycles. The van der Waals surface area contributed by atoms with Gasteiger partial charge in [-0.05, 0) is 67.0 Å². The van der Waals surface area contributed by atoms with Gasteiger partial charge in [-0.2, -0.15) is 0 Å². The number of nitrogens with zero attached hydrogens (tertiary/aromatic N) is 1. The van der Waals surface area contributed by atoms with E-state index in [1.807, 2.05) is 22.9 Å². The zero-order chi connectivity index (χ0) is 26.7. The Morgan fingerprint density at radius 2 is 1.58 bits per heavy atom. The number of unbranched alkanes of at least 4 members (excludes halogenated alkanes) is 4. The van der Waals surface area contributed by atoms with Crippen molar-refractivity contribution < 1.29 is 23.9 Å². The first-order valence-corrected chi connectivity index (χ1v) is 15.7. The molecule has 7 heteroatoms. The van der Waals surface area contributed by atoms with Gasteiger partial charge in [-0.1, -0.05) is 48.9 Å². The van der Waals surface area contributed by atoms with E-state index in [4.69, 9.17) is 9.47 Å². The predicted octanol–water partition coefficient (Wildman–Crippen LogP) is 6.41. The number of carbonyl (C=O) groups excluding carboxylic acids is 1. The molecule has 1 aliphatic rings. The maximum atomic E-state index is 13.3. The third-order valence-corrected chi connectivity index (χ3v) is 9.50. The third-order valence-electron chi connectivity index (χ3n) is 7.54. The molecule has 0 aliphatic carbocycles. The average molecular weight is 557 g/mol. The van der Waals surface area contributed by atoms with Crippen LogP contribution in [0.1, 0.15) is 60.3 Å². The maximum Gasteiger partial charge on any atom is 0.349 e. The molecule has 5 nitrogen and oxygen atoms in total. The zero-order valence-electron chi connectivity index (χ0n) is 22.6. The normalized spacial score (nSPS) is 19.6. The van der Waals surface area contributed by atoms with E-state index in [-0.39, 0.29) is 6.10 Å². The smallest absolute Gasteiger partial charge is 0.349 e. The van der Waals surface area contributed by atoms with Crippen molar-refractivity contribution in [1.82, 2.24) is 0 Å². The molecule has 0 radical (unpaired) electrons. The summed E-state index contributed by atoms with van der Waals surface area (Å²) in [7, 11) is 2.26. The molecule has 1 aromatic carbocycles. The molecule has 4 rings (SSSR count). The second kappa shape index (κ2) is 14.4. The Labute approximate surface area is 235 Å². The van der Waals surface area contributed by atoms with Crippen LogP contribution in [-0.4, -0.2) is 61.6 Å². The summed E-state index contributed by atoms with van der Waals surface area (Å²) in [6.45, 7) is 4.61. The first kappa shape index (κ1) is 29.0. The molecule has 1 fully saturated rings. The average Bonchev–Trinajstić information content (AvgIpc) is 3.71. The molecular weight excluding hydrogens is 514 g/mol. The fraction of sp³-hybridized carbons (Fsp3) is 0.516. The van der Waals surface area contributed by atoms with Gasteiger partial charge in [0.1, 0.15) is 6.54 Å². The minimum Gasteiger partial charge on any atom is -0.453 e. The fourth-order valence-corrected chi connectivity index (χ4v) is 7.00. The van der Waals surface area contributed by atoms with Crippen molar-refractivity contribution in [2.75, 3.05) is 39.9 Å². The minimum atomic E-state index is -1.72. The number of quaternary nitrogens is 1. The Hall–Kier alpha value is -2.03. The number of hydrogen-bond acceptors (Lipinski definition) is 6. The number of thiophene rings is 2. The molecule has 3 heterocycles. The monoisotopic (exact) mass is 556 g/mol. The number of aliphatic hydroxyl groups is 1. The summed E-state index contributed by atoms with van der Waals surface area (Å²) in [5.74, 6) is -0.555. The summed E-state index contributed by atoms with van der Waals surface area (Å²) < 4.78 is 12.7. The summed E-state index contributed by atoms with van der Waals surface area (Å²) in [6, 6.07) is 18.0. The van der Waals surface area contributed by atoms with Gasteiger partial charge >= 0.3 is 5.97 Å². The number of likely N-dealkylation sites (tertiary alicyclic amines) is 1. The number of carbonyl (C=O) groups is 1. The summed E-state index contributed by atoms with van der Waals surface area (Å²) >= 11 is 2.76. The van der Waals surface area contributed by atoms with Crippen molar-refractivity contribution in [3.8, 4) is 0 Å². The van der Waals surface area contributed by atoms with Gasteiger partial charge in [0.15, 0.2) is 6.10 Å². The lowest BCUT2D eigenvalue weighted by Crippen LogP contribution is -2.44. The molecule has 3 aromatic rings. The summed E-state index contributed by atoms with van der Waals surface area (Å²) in [6.07, 6.45) is 8.79. The SMILES string of the molecule is C[N+]1(CCCCCCOCCCCc2ccccc2)CCC(OC(=O)C(O)(c2cccs2)c2cccs2)C1. The molecule has 0 spiro atoms. The van der Waals surface area contributed by atoms with Crippen molar-refractivity contribution in [2.24, 2.45) is 0 Å².